The Bertz CT molecular complexity index is 513. The van der Waals surface area contributed by atoms with Gasteiger partial charge >= 0.3 is 0 Å². The predicted octanol–water partition coefficient (Wildman–Crippen LogP) is 3.19. The van der Waals surface area contributed by atoms with Crippen LogP contribution in [0.25, 0.3) is 0 Å². The molecule has 2 aromatic rings. The minimum Gasteiger partial charge on any atom is -0.327 e. The van der Waals surface area contributed by atoms with E-state index in [1.165, 1.54) is 12.1 Å². The zero-order valence-corrected chi connectivity index (χ0v) is 9.94. The molecule has 0 bridgehead atoms. The van der Waals surface area contributed by atoms with Crippen molar-refractivity contribution in [1.82, 2.24) is 0 Å². The molecule has 0 saturated carbocycles. The predicted molar refractivity (Wildman–Crippen MR) is 68.4 cm³/mol. The Morgan fingerprint density at radius 3 is 2.33 bits per heavy atom. The van der Waals surface area contributed by atoms with Gasteiger partial charge in [0.1, 0.15) is 5.82 Å². The molecule has 0 heterocycles. The summed E-state index contributed by atoms with van der Waals surface area (Å²) in [5, 5.41) is 0. The molecule has 1 nitrogen and oxygen atoms in total. The van der Waals surface area contributed by atoms with Crippen molar-refractivity contribution in [1.29, 1.82) is 0 Å². The van der Waals surface area contributed by atoms with E-state index in [0.29, 0.717) is 11.1 Å². The minimum atomic E-state index is -1.66. The molecule has 0 saturated heterocycles. The van der Waals surface area contributed by atoms with Crippen LogP contribution in [-0.4, -0.2) is 6.54 Å². The second kappa shape index (κ2) is 5.27. The summed E-state index contributed by atoms with van der Waals surface area (Å²) < 4.78 is 27.9. The summed E-state index contributed by atoms with van der Waals surface area (Å²) in [6.07, 6.45) is 0.0747. The van der Waals surface area contributed by atoms with Gasteiger partial charge in [-0.05, 0) is 23.3 Å². The summed E-state index contributed by atoms with van der Waals surface area (Å²) in [4.78, 5) is 0. The molecule has 18 heavy (non-hydrogen) atoms. The highest BCUT2D eigenvalue weighted by molar-refractivity contribution is 5.27. The monoisotopic (exact) mass is 247 g/mol. The van der Waals surface area contributed by atoms with E-state index in [2.05, 4.69) is 0 Å². The molecule has 0 fully saturated rings. The molecule has 0 spiro atoms. The van der Waals surface area contributed by atoms with Crippen LogP contribution in [0.5, 0.6) is 0 Å². The van der Waals surface area contributed by atoms with Gasteiger partial charge in [-0.15, -0.1) is 0 Å². The third-order valence-corrected chi connectivity index (χ3v) is 2.99. The summed E-state index contributed by atoms with van der Waals surface area (Å²) in [6, 6.07) is 14.7. The van der Waals surface area contributed by atoms with Crippen molar-refractivity contribution in [3.63, 3.8) is 0 Å². The molecule has 0 radical (unpaired) electrons. The van der Waals surface area contributed by atoms with Crippen LogP contribution in [0.15, 0.2) is 54.6 Å². The zero-order chi connectivity index (χ0) is 13.0. The molecular weight excluding hydrogens is 232 g/mol. The largest absolute Gasteiger partial charge is 0.327 e. The number of rotatable bonds is 4. The lowest BCUT2D eigenvalue weighted by atomic mass is 9.89. The Balaban J connectivity index is 2.29. The van der Waals surface area contributed by atoms with E-state index in [0.717, 1.165) is 0 Å². The summed E-state index contributed by atoms with van der Waals surface area (Å²) >= 11 is 0. The second-order valence-electron chi connectivity index (χ2n) is 4.34. The van der Waals surface area contributed by atoms with E-state index in [-0.39, 0.29) is 18.8 Å². The number of hydrogen-bond acceptors (Lipinski definition) is 1. The maximum atomic E-state index is 14.8. The van der Waals surface area contributed by atoms with E-state index in [4.69, 9.17) is 5.73 Å². The number of halogens is 2. The van der Waals surface area contributed by atoms with Gasteiger partial charge in [-0.1, -0.05) is 42.5 Å². The van der Waals surface area contributed by atoms with E-state index in [9.17, 15) is 8.78 Å². The van der Waals surface area contributed by atoms with Crippen LogP contribution in [0.4, 0.5) is 8.78 Å². The molecule has 1 unspecified atom stereocenters. The van der Waals surface area contributed by atoms with Crippen LogP contribution >= 0.6 is 0 Å². The minimum absolute atomic E-state index is 0.0747. The molecule has 0 aliphatic rings. The van der Waals surface area contributed by atoms with Gasteiger partial charge in [0.15, 0.2) is 5.67 Å². The van der Waals surface area contributed by atoms with Gasteiger partial charge in [0.05, 0.1) is 0 Å². The maximum absolute atomic E-state index is 14.8. The van der Waals surface area contributed by atoms with Crippen LogP contribution in [-0.2, 0) is 12.1 Å². The quantitative estimate of drug-likeness (QED) is 0.882. The third kappa shape index (κ3) is 2.74. The summed E-state index contributed by atoms with van der Waals surface area (Å²) in [5.74, 6) is -0.361. The van der Waals surface area contributed by atoms with Crippen LogP contribution in [0.1, 0.15) is 11.1 Å². The smallest absolute Gasteiger partial charge is 0.152 e. The molecule has 1 atom stereocenters. The van der Waals surface area contributed by atoms with Gasteiger partial charge in [0.25, 0.3) is 0 Å². The lowest BCUT2D eigenvalue weighted by Gasteiger charge is -2.24. The summed E-state index contributed by atoms with van der Waals surface area (Å²) in [7, 11) is 0. The van der Waals surface area contributed by atoms with Gasteiger partial charge in [0.2, 0.25) is 0 Å². The fourth-order valence-electron chi connectivity index (χ4n) is 2.00. The van der Waals surface area contributed by atoms with Crippen molar-refractivity contribution in [2.24, 2.45) is 5.73 Å². The SMILES string of the molecule is NCC(F)(Cc1cccc(F)c1)c1ccccc1. The van der Waals surface area contributed by atoms with Gasteiger partial charge in [-0.25, -0.2) is 8.78 Å². The van der Waals surface area contributed by atoms with Crippen molar-refractivity contribution < 1.29 is 8.78 Å². The van der Waals surface area contributed by atoms with Crippen LogP contribution in [0, 0.1) is 5.82 Å². The lowest BCUT2D eigenvalue weighted by molar-refractivity contribution is 0.175. The molecular formula is C15H15F2N. The van der Waals surface area contributed by atoms with Gasteiger partial charge < -0.3 is 5.73 Å². The molecule has 2 N–H and O–H groups in total. The highest BCUT2D eigenvalue weighted by Crippen LogP contribution is 2.29. The topological polar surface area (TPSA) is 26.0 Å². The fourth-order valence-corrected chi connectivity index (χ4v) is 2.00. The Labute approximate surface area is 105 Å². The zero-order valence-electron chi connectivity index (χ0n) is 9.94. The first kappa shape index (κ1) is 12.7. The Kier molecular flexibility index (Phi) is 3.72. The maximum Gasteiger partial charge on any atom is 0.152 e. The first-order valence-corrected chi connectivity index (χ1v) is 5.83. The molecule has 94 valence electrons. The van der Waals surface area contributed by atoms with Gasteiger partial charge in [-0.3, -0.25) is 0 Å². The highest BCUT2D eigenvalue weighted by Gasteiger charge is 2.30. The third-order valence-electron chi connectivity index (χ3n) is 2.99. The standard InChI is InChI=1S/C15H15F2N/c16-14-8-4-5-12(9-14)10-15(17,11-18)13-6-2-1-3-7-13/h1-9H,10-11,18H2. The van der Waals surface area contributed by atoms with Crippen LogP contribution in [0.2, 0.25) is 0 Å². The number of benzene rings is 2. The van der Waals surface area contributed by atoms with Crippen LogP contribution in [0.3, 0.4) is 0 Å². The molecule has 0 aliphatic carbocycles. The average Bonchev–Trinajstić information content (AvgIpc) is 2.39. The van der Waals surface area contributed by atoms with Gasteiger partial charge in [0, 0.05) is 13.0 Å². The number of hydrogen-bond donors (Lipinski definition) is 1. The van der Waals surface area contributed by atoms with Crippen molar-refractivity contribution in [3.8, 4) is 0 Å². The highest BCUT2D eigenvalue weighted by atomic mass is 19.1. The van der Waals surface area contributed by atoms with Crippen LogP contribution < -0.4 is 5.73 Å². The van der Waals surface area contributed by atoms with Crippen molar-refractivity contribution in [3.05, 3.63) is 71.5 Å². The Hall–Kier alpha value is -1.74. The van der Waals surface area contributed by atoms with Crippen molar-refractivity contribution in [2.45, 2.75) is 12.1 Å². The number of alkyl halides is 1. The Morgan fingerprint density at radius 2 is 1.72 bits per heavy atom. The first-order valence-electron chi connectivity index (χ1n) is 5.83. The van der Waals surface area contributed by atoms with E-state index < -0.39 is 5.67 Å². The Morgan fingerprint density at radius 1 is 1.00 bits per heavy atom. The molecule has 2 aromatic carbocycles. The lowest BCUT2D eigenvalue weighted by Crippen LogP contribution is -2.32. The number of nitrogens with two attached hydrogens (primary N) is 1. The first-order chi connectivity index (χ1) is 8.64. The molecule has 3 heteroatoms. The molecule has 0 aliphatic heterocycles. The second-order valence-corrected chi connectivity index (χ2v) is 4.34. The van der Waals surface area contributed by atoms with E-state index in [1.807, 2.05) is 6.07 Å². The normalized spacial score (nSPS) is 14.2. The molecule has 0 amide bonds. The van der Waals surface area contributed by atoms with Crippen molar-refractivity contribution >= 4 is 0 Å². The van der Waals surface area contributed by atoms with E-state index >= 15 is 0 Å². The fraction of sp³-hybridized carbons (Fsp3) is 0.200. The summed E-state index contributed by atoms with van der Waals surface area (Å²) in [6.45, 7) is -0.131. The van der Waals surface area contributed by atoms with Gasteiger partial charge in [-0.2, -0.15) is 0 Å². The van der Waals surface area contributed by atoms with Crippen molar-refractivity contribution in [2.75, 3.05) is 6.54 Å². The average molecular weight is 247 g/mol. The molecule has 2 rings (SSSR count). The summed E-state index contributed by atoms with van der Waals surface area (Å²) in [5.41, 5.74) is 5.03. The molecule has 0 aromatic heterocycles. The van der Waals surface area contributed by atoms with E-state index in [1.54, 1.807) is 36.4 Å².